The molecule has 3 nitrogen and oxygen atoms in total. The van der Waals surface area contributed by atoms with Crippen LogP contribution in [0.5, 0.6) is 0 Å². The van der Waals surface area contributed by atoms with Gasteiger partial charge >= 0.3 is 0 Å². The van der Waals surface area contributed by atoms with E-state index in [1.54, 1.807) is 11.8 Å². The largest absolute Gasteiger partial charge is 0.394 e. The number of carbonyl (C=O) groups excluding carboxylic acids is 1. The highest BCUT2D eigenvalue weighted by Crippen LogP contribution is 2.21. The standard InChI is InChI=1S/C13H16FNO2/c1-9-7-10(14)4-5-12(9)13(17)15-6-2-3-11(15)8-16/h4-5,7,11,16H,2-3,6,8H2,1H3/t11-/m0/s1. The lowest BCUT2D eigenvalue weighted by Crippen LogP contribution is -2.37. The van der Waals surface area contributed by atoms with Gasteiger partial charge in [0.05, 0.1) is 12.6 Å². The summed E-state index contributed by atoms with van der Waals surface area (Å²) in [6, 6.07) is 4.08. The first-order chi connectivity index (χ1) is 8.13. The molecule has 1 atom stereocenters. The average Bonchev–Trinajstić information content (AvgIpc) is 2.76. The molecule has 1 amide bonds. The fourth-order valence-electron chi connectivity index (χ4n) is 2.31. The van der Waals surface area contributed by atoms with Crippen molar-refractivity contribution >= 4 is 5.91 Å². The lowest BCUT2D eigenvalue weighted by Gasteiger charge is -2.23. The Bertz CT molecular complexity index is 433. The Hall–Kier alpha value is -1.42. The normalized spacial score (nSPS) is 19.7. The van der Waals surface area contributed by atoms with Crippen LogP contribution in [0.4, 0.5) is 4.39 Å². The second-order valence-corrected chi connectivity index (χ2v) is 4.44. The molecule has 1 saturated heterocycles. The zero-order chi connectivity index (χ0) is 12.4. The lowest BCUT2D eigenvalue weighted by atomic mass is 10.1. The number of amides is 1. The van der Waals surface area contributed by atoms with E-state index in [-0.39, 0.29) is 24.4 Å². The van der Waals surface area contributed by atoms with Crippen molar-refractivity contribution in [3.05, 3.63) is 35.1 Å². The third kappa shape index (κ3) is 2.31. The van der Waals surface area contributed by atoms with Crippen LogP contribution in [0.25, 0.3) is 0 Å². The Labute approximate surface area is 99.9 Å². The maximum atomic E-state index is 13.0. The first-order valence-electron chi connectivity index (χ1n) is 5.81. The molecule has 92 valence electrons. The number of hydrogen-bond donors (Lipinski definition) is 1. The summed E-state index contributed by atoms with van der Waals surface area (Å²) in [5.41, 5.74) is 1.16. The number of nitrogens with zero attached hydrogens (tertiary/aromatic N) is 1. The number of rotatable bonds is 2. The van der Waals surface area contributed by atoms with Gasteiger partial charge in [-0.3, -0.25) is 4.79 Å². The van der Waals surface area contributed by atoms with Crippen LogP contribution in [-0.2, 0) is 0 Å². The summed E-state index contributed by atoms with van der Waals surface area (Å²) in [7, 11) is 0. The van der Waals surface area contributed by atoms with E-state index in [9.17, 15) is 14.3 Å². The topological polar surface area (TPSA) is 40.5 Å². The molecule has 1 heterocycles. The molecule has 0 aliphatic carbocycles. The number of hydrogen-bond acceptors (Lipinski definition) is 2. The minimum absolute atomic E-state index is 0.00795. The van der Waals surface area contributed by atoms with Gasteiger partial charge in [-0.2, -0.15) is 0 Å². The van der Waals surface area contributed by atoms with Crippen molar-refractivity contribution < 1.29 is 14.3 Å². The van der Waals surface area contributed by atoms with Crippen LogP contribution in [0.3, 0.4) is 0 Å². The number of benzene rings is 1. The monoisotopic (exact) mass is 237 g/mol. The molecule has 0 spiro atoms. The average molecular weight is 237 g/mol. The zero-order valence-electron chi connectivity index (χ0n) is 9.82. The number of aliphatic hydroxyl groups is 1. The highest BCUT2D eigenvalue weighted by Gasteiger charge is 2.29. The molecule has 17 heavy (non-hydrogen) atoms. The smallest absolute Gasteiger partial charge is 0.254 e. The molecule has 1 aromatic rings. The van der Waals surface area contributed by atoms with Crippen LogP contribution in [0.2, 0.25) is 0 Å². The molecule has 0 unspecified atom stereocenters. The van der Waals surface area contributed by atoms with E-state index in [0.29, 0.717) is 17.7 Å². The summed E-state index contributed by atoms with van der Waals surface area (Å²) in [4.78, 5) is 13.9. The van der Waals surface area contributed by atoms with Crippen molar-refractivity contribution in [2.75, 3.05) is 13.2 Å². The van der Waals surface area contributed by atoms with Gasteiger partial charge in [0.25, 0.3) is 5.91 Å². The van der Waals surface area contributed by atoms with Crippen LogP contribution in [0, 0.1) is 12.7 Å². The minimum atomic E-state index is -0.334. The first-order valence-corrected chi connectivity index (χ1v) is 5.81. The summed E-state index contributed by atoms with van der Waals surface area (Å²) >= 11 is 0. The van der Waals surface area contributed by atoms with Gasteiger partial charge in [0.15, 0.2) is 0 Å². The van der Waals surface area contributed by atoms with E-state index < -0.39 is 0 Å². The Morgan fingerprint density at radius 2 is 2.35 bits per heavy atom. The van der Waals surface area contributed by atoms with Crippen LogP contribution < -0.4 is 0 Å². The molecule has 1 aromatic carbocycles. The molecular weight excluding hydrogens is 221 g/mol. The molecule has 1 aliphatic heterocycles. The third-order valence-corrected chi connectivity index (χ3v) is 3.27. The molecule has 1 fully saturated rings. The highest BCUT2D eigenvalue weighted by molar-refractivity contribution is 5.96. The maximum absolute atomic E-state index is 13.0. The van der Waals surface area contributed by atoms with Gasteiger partial charge in [0.2, 0.25) is 0 Å². The number of likely N-dealkylation sites (tertiary alicyclic amines) is 1. The molecule has 4 heteroatoms. The number of carbonyl (C=O) groups is 1. The summed E-state index contributed by atoms with van der Waals surface area (Å²) in [5.74, 6) is -0.446. The summed E-state index contributed by atoms with van der Waals surface area (Å²) in [5, 5.41) is 9.19. The molecule has 0 bridgehead atoms. The second kappa shape index (κ2) is 4.84. The molecule has 1 aliphatic rings. The van der Waals surface area contributed by atoms with Gasteiger partial charge in [0, 0.05) is 12.1 Å². The SMILES string of the molecule is Cc1cc(F)ccc1C(=O)N1CCC[C@H]1CO. The summed E-state index contributed by atoms with van der Waals surface area (Å²) in [6.45, 7) is 2.38. The van der Waals surface area contributed by atoms with Crippen LogP contribution in [0.15, 0.2) is 18.2 Å². The Kier molecular flexibility index (Phi) is 3.43. The van der Waals surface area contributed by atoms with E-state index in [1.807, 2.05) is 0 Å². The molecule has 0 radical (unpaired) electrons. The molecule has 1 N–H and O–H groups in total. The second-order valence-electron chi connectivity index (χ2n) is 4.44. The van der Waals surface area contributed by atoms with Gasteiger partial charge < -0.3 is 10.0 Å². The zero-order valence-corrected chi connectivity index (χ0v) is 9.82. The predicted octanol–water partition coefficient (Wildman–Crippen LogP) is 1.73. The fourth-order valence-corrected chi connectivity index (χ4v) is 2.31. The Morgan fingerprint density at radius 1 is 1.59 bits per heavy atom. The van der Waals surface area contributed by atoms with Crippen molar-refractivity contribution in [2.45, 2.75) is 25.8 Å². The van der Waals surface area contributed by atoms with Crippen LogP contribution in [0.1, 0.15) is 28.8 Å². The third-order valence-electron chi connectivity index (χ3n) is 3.27. The maximum Gasteiger partial charge on any atom is 0.254 e. The minimum Gasteiger partial charge on any atom is -0.394 e. The van der Waals surface area contributed by atoms with Crippen molar-refractivity contribution in [2.24, 2.45) is 0 Å². The lowest BCUT2D eigenvalue weighted by molar-refractivity contribution is 0.0677. The molecule has 2 rings (SSSR count). The fraction of sp³-hybridized carbons (Fsp3) is 0.462. The van der Waals surface area contributed by atoms with Crippen molar-refractivity contribution in [3.8, 4) is 0 Å². The number of aryl methyl sites for hydroxylation is 1. The number of aliphatic hydroxyl groups excluding tert-OH is 1. The van der Waals surface area contributed by atoms with E-state index in [1.165, 1.54) is 18.2 Å². The van der Waals surface area contributed by atoms with E-state index in [2.05, 4.69) is 0 Å². The van der Waals surface area contributed by atoms with Gasteiger partial charge in [-0.15, -0.1) is 0 Å². The first kappa shape index (κ1) is 12.0. The van der Waals surface area contributed by atoms with Crippen molar-refractivity contribution in [1.29, 1.82) is 0 Å². The van der Waals surface area contributed by atoms with Gasteiger partial charge in [-0.1, -0.05) is 0 Å². The summed E-state index contributed by atoms with van der Waals surface area (Å²) in [6.07, 6.45) is 1.75. The Morgan fingerprint density at radius 3 is 3.00 bits per heavy atom. The van der Waals surface area contributed by atoms with Crippen molar-refractivity contribution in [3.63, 3.8) is 0 Å². The van der Waals surface area contributed by atoms with E-state index in [0.717, 1.165) is 12.8 Å². The quantitative estimate of drug-likeness (QED) is 0.851. The molecule has 0 saturated carbocycles. The molecule has 0 aromatic heterocycles. The summed E-state index contributed by atoms with van der Waals surface area (Å²) < 4.78 is 13.0. The van der Waals surface area contributed by atoms with Crippen molar-refractivity contribution in [1.82, 2.24) is 4.90 Å². The van der Waals surface area contributed by atoms with E-state index in [4.69, 9.17) is 0 Å². The Balaban J connectivity index is 2.24. The number of halogens is 1. The molecular formula is C13H16FNO2. The van der Waals surface area contributed by atoms with E-state index >= 15 is 0 Å². The highest BCUT2D eigenvalue weighted by atomic mass is 19.1. The van der Waals surface area contributed by atoms with Crippen LogP contribution in [-0.4, -0.2) is 35.1 Å². The van der Waals surface area contributed by atoms with Crippen LogP contribution >= 0.6 is 0 Å². The van der Waals surface area contributed by atoms with Gasteiger partial charge in [-0.05, 0) is 43.5 Å². The van der Waals surface area contributed by atoms with Gasteiger partial charge in [-0.25, -0.2) is 4.39 Å². The predicted molar refractivity (Wildman–Crippen MR) is 62.3 cm³/mol. The van der Waals surface area contributed by atoms with Gasteiger partial charge in [0.1, 0.15) is 5.82 Å².